The fourth-order valence-electron chi connectivity index (χ4n) is 5.65. The first-order valence-electron chi connectivity index (χ1n) is 15.0. The molecule has 0 atom stereocenters. The lowest BCUT2D eigenvalue weighted by Crippen LogP contribution is -2.43. The lowest BCUT2D eigenvalue weighted by molar-refractivity contribution is -0.385. The van der Waals surface area contributed by atoms with Crippen LogP contribution in [-0.4, -0.2) is 66.1 Å². The zero-order chi connectivity index (χ0) is 28.5. The van der Waals surface area contributed by atoms with E-state index in [9.17, 15) is 14.9 Å². The summed E-state index contributed by atoms with van der Waals surface area (Å²) in [6.07, 6.45) is 6.64. The molecule has 0 aliphatic carbocycles. The van der Waals surface area contributed by atoms with Crippen LogP contribution in [0.4, 0.5) is 5.69 Å². The summed E-state index contributed by atoms with van der Waals surface area (Å²) >= 11 is 0. The first kappa shape index (κ1) is 29.8. The van der Waals surface area contributed by atoms with Crippen molar-refractivity contribution in [1.29, 1.82) is 0 Å². The number of piperidine rings is 2. The van der Waals surface area contributed by atoms with Crippen LogP contribution in [0.2, 0.25) is 0 Å². The number of hydrogen-bond donors (Lipinski definition) is 0. The van der Waals surface area contributed by atoms with E-state index in [-0.39, 0.29) is 29.4 Å². The lowest BCUT2D eigenvalue weighted by atomic mass is 9.88. The highest BCUT2D eigenvalue weighted by Crippen LogP contribution is 2.33. The Morgan fingerprint density at radius 1 is 1.02 bits per heavy atom. The van der Waals surface area contributed by atoms with Crippen molar-refractivity contribution in [2.24, 2.45) is 5.92 Å². The highest BCUT2D eigenvalue weighted by Gasteiger charge is 2.26. The van der Waals surface area contributed by atoms with Gasteiger partial charge in [0, 0.05) is 51.0 Å². The van der Waals surface area contributed by atoms with Gasteiger partial charge in [-0.1, -0.05) is 51.5 Å². The molecule has 40 heavy (non-hydrogen) atoms. The van der Waals surface area contributed by atoms with Crippen molar-refractivity contribution in [3.8, 4) is 11.5 Å². The lowest BCUT2D eigenvalue weighted by Gasteiger charge is -2.34. The summed E-state index contributed by atoms with van der Waals surface area (Å²) in [5.41, 5.74) is 2.82. The number of nitro benzene ring substituents is 1. The van der Waals surface area contributed by atoms with Crippen molar-refractivity contribution in [2.75, 3.05) is 39.3 Å². The van der Waals surface area contributed by atoms with Gasteiger partial charge in [0.05, 0.1) is 11.5 Å². The van der Waals surface area contributed by atoms with Crippen LogP contribution < -0.4 is 9.47 Å². The maximum atomic E-state index is 12.9. The molecule has 1 amide bonds. The van der Waals surface area contributed by atoms with E-state index in [2.05, 4.69) is 36.1 Å². The average molecular weight is 552 g/mol. The monoisotopic (exact) mass is 551 g/mol. The Labute approximate surface area is 238 Å². The Morgan fingerprint density at radius 3 is 2.35 bits per heavy atom. The van der Waals surface area contributed by atoms with Crippen LogP contribution in [0.3, 0.4) is 0 Å². The van der Waals surface area contributed by atoms with Gasteiger partial charge in [-0.3, -0.25) is 14.9 Å². The van der Waals surface area contributed by atoms with Crippen LogP contribution in [0.15, 0.2) is 42.5 Å². The fraction of sp³-hybridized carbons (Fsp3) is 0.594. The van der Waals surface area contributed by atoms with Gasteiger partial charge in [-0.15, -0.1) is 0 Å². The van der Waals surface area contributed by atoms with Gasteiger partial charge in [-0.05, 0) is 61.4 Å². The van der Waals surface area contributed by atoms with E-state index in [1.807, 2.05) is 18.7 Å². The van der Waals surface area contributed by atoms with E-state index in [4.69, 9.17) is 9.47 Å². The fourth-order valence-corrected chi connectivity index (χ4v) is 5.65. The number of amides is 1. The molecule has 2 fully saturated rings. The Balaban J connectivity index is 1.18. The van der Waals surface area contributed by atoms with Crippen molar-refractivity contribution in [1.82, 2.24) is 9.80 Å². The first-order valence-corrected chi connectivity index (χ1v) is 15.0. The van der Waals surface area contributed by atoms with Gasteiger partial charge in [-0.2, -0.15) is 0 Å². The molecule has 0 bridgehead atoms. The molecule has 0 N–H and O–H groups in total. The summed E-state index contributed by atoms with van der Waals surface area (Å²) in [5.74, 6) is 1.89. The zero-order valence-corrected chi connectivity index (χ0v) is 24.3. The number of rotatable bonds is 12. The highest BCUT2D eigenvalue weighted by molar-refractivity contribution is 5.76. The maximum Gasteiger partial charge on any atom is 0.311 e. The van der Waals surface area contributed by atoms with Crippen LogP contribution >= 0.6 is 0 Å². The van der Waals surface area contributed by atoms with Crippen LogP contribution in [0.1, 0.15) is 76.3 Å². The second kappa shape index (κ2) is 14.5. The van der Waals surface area contributed by atoms with Gasteiger partial charge < -0.3 is 19.3 Å². The number of aryl methyl sites for hydroxylation is 1. The molecule has 4 rings (SSSR count). The molecular weight excluding hydrogens is 506 g/mol. The van der Waals surface area contributed by atoms with Crippen LogP contribution in [-0.2, 0) is 11.2 Å². The van der Waals surface area contributed by atoms with Gasteiger partial charge in [-0.25, -0.2) is 0 Å². The molecule has 2 aliphatic rings. The minimum Gasteiger partial charge on any atom is -0.490 e. The van der Waals surface area contributed by atoms with Crippen molar-refractivity contribution >= 4 is 11.6 Å². The summed E-state index contributed by atoms with van der Waals surface area (Å²) in [6.45, 7) is 10.9. The molecule has 2 aromatic carbocycles. The van der Waals surface area contributed by atoms with E-state index >= 15 is 0 Å². The SMILES string of the molecule is CCCc1ccc(C2CCN(CCC(=O)N3CCC(Oc4ccc([N+](=O)[O-])c(OCC(C)C)c4)CC3)CC2)cc1. The molecule has 0 radical (unpaired) electrons. The number of nitro groups is 1. The first-order chi connectivity index (χ1) is 19.3. The molecule has 2 saturated heterocycles. The Morgan fingerprint density at radius 2 is 1.73 bits per heavy atom. The third kappa shape index (κ3) is 8.43. The van der Waals surface area contributed by atoms with E-state index in [0.29, 0.717) is 37.8 Å². The quantitative estimate of drug-likeness (QED) is 0.230. The number of hydrogen-bond acceptors (Lipinski definition) is 6. The predicted octanol–water partition coefficient (Wildman–Crippen LogP) is 6.22. The summed E-state index contributed by atoms with van der Waals surface area (Å²) in [6, 6.07) is 13.9. The molecule has 2 aromatic rings. The number of likely N-dealkylation sites (tertiary alicyclic amines) is 2. The van der Waals surface area contributed by atoms with Gasteiger partial charge in [0.2, 0.25) is 11.7 Å². The van der Waals surface area contributed by atoms with Crippen LogP contribution in [0.25, 0.3) is 0 Å². The van der Waals surface area contributed by atoms with E-state index in [1.54, 1.807) is 12.1 Å². The van der Waals surface area contributed by atoms with Crippen LogP contribution in [0, 0.1) is 16.0 Å². The van der Waals surface area contributed by atoms with Gasteiger partial charge in [0.1, 0.15) is 11.9 Å². The predicted molar refractivity (Wildman–Crippen MR) is 157 cm³/mol. The third-order valence-corrected chi connectivity index (χ3v) is 8.02. The van der Waals surface area contributed by atoms with E-state index in [0.717, 1.165) is 51.7 Å². The van der Waals surface area contributed by atoms with E-state index in [1.165, 1.54) is 23.6 Å². The summed E-state index contributed by atoms with van der Waals surface area (Å²) < 4.78 is 11.8. The summed E-state index contributed by atoms with van der Waals surface area (Å²) in [4.78, 5) is 28.3. The summed E-state index contributed by atoms with van der Waals surface area (Å²) in [5, 5.41) is 11.4. The Hall–Kier alpha value is -3.13. The molecule has 0 unspecified atom stereocenters. The topological polar surface area (TPSA) is 85.2 Å². The molecule has 218 valence electrons. The number of carbonyl (C=O) groups is 1. The second-order valence-electron chi connectivity index (χ2n) is 11.6. The molecule has 0 saturated carbocycles. The van der Waals surface area contributed by atoms with E-state index < -0.39 is 4.92 Å². The molecular formula is C32H45N3O5. The maximum absolute atomic E-state index is 12.9. The normalized spacial score (nSPS) is 17.2. The molecule has 2 aliphatic heterocycles. The second-order valence-corrected chi connectivity index (χ2v) is 11.6. The largest absolute Gasteiger partial charge is 0.490 e. The standard InChI is InChI=1S/C32H45N3O5/c1-4-5-25-6-8-26(9-7-25)27-12-17-33(18-13-27)19-16-32(36)34-20-14-28(15-21-34)40-29-10-11-30(35(37)38)31(22-29)39-23-24(2)3/h6-11,22,24,27-28H,4-5,12-21,23H2,1-3H3. The number of carbonyl (C=O) groups excluding carboxylic acids is 1. The Kier molecular flexibility index (Phi) is 10.8. The molecule has 8 heteroatoms. The molecule has 2 heterocycles. The summed E-state index contributed by atoms with van der Waals surface area (Å²) in [7, 11) is 0. The third-order valence-electron chi connectivity index (χ3n) is 8.02. The van der Waals surface area contributed by atoms with Crippen LogP contribution in [0.5, 0.6) is 11.5 Å². The molecule has 0 aromatic heterocycles. The Bertz CT molecular complexity index is 1100. The van der Waals surface area contributed by atoms with Crippen molar-refractivity contribution < 1.29 is 19.2 Å². The van der Waals surface area contributed by atoms with Gasteiger partial charge in [0.15, 0.2) is 0 Å². The minimum atomic E-state index is -0.433. The minimum absolute atomic E-state index is 0.0291. The van der Waals surface area contributed by atoms with Crippen molar-refractivity contribution in [2.45, 2.75) is 77.7 Å². The molecule has 0 spiro atoms. The van der Waals surface area contributed by atoms with Crippen molar-refractivity contribution in [3.63, 3.8) is 0 Å². The number of nitrogens with zero attached hydrogens (tertiary/aromatic N) is 3. The highest BCUT2D eigenvalue weighted by atomic mass is 16.6. The smallest absolute Gasteiger partial charge is 0.311 e. The number of benzene rings is 2. The zero-order valence-electron chi connectivity index (χ0n) is 24.3. The van der Waals surface area contributed by atoms with Gasteiger partial charge >= 0.3 is 5.69 Å². The average Bonchev–Trinajstić information content (AvgIpc) is 2.96. The van der Waals surface area contributed by atoms with Gasteiger partial charge in [0.25, 0.3) is 0 Å². The van der Waals surface area contributed by atoms with Crippen molar-refractivity contribution in [3.05, 3.63) is 63.7 Å². The number of ether oxygens (including phenoxy) is 2. The molecule has 8 nitrogen and oxygen atoms in total.